The number of aliphatic hydroxyl groups is 1. The van der Waals surface area contributed by atoms with Crippen LogP contribution in [-0.2, 0) is 0 Å². The summed E-state index contributed by atoms with van der Waals surface area (Å²) in [4.78, 5) is 12.4. The first kappa shape index (κ1) is 12.7. The quantitative estimate of drug-likeness (QED) is 0.805. The summed E-state index contributed by atoms with van der Waals surface area (Å²) in [6.07, 6.45) is 10.6. The Bertz CT molecular complexity index is 448. The number of allylic oxidation sites excluding steroid dienone is 3. The molecule has 1 saturated carbocycles. The van der Waals surface area contributed by atoms with E-state index in [0.717, 1.165) is 12.0 Å². The maximum absolute atomic E-state index is 11.1. The second-order valence-corrected chi connectivity index (χ2v) is 6.24. The van der Waals surface area contributed by atoms with E-state index in [4.69, 9.17) is 5.11 Å². The van der Waals surface area contributed by atoms with Gasteiger partial charge in [0.05, 0.1) is 12.6 Å². The number of nitrogens with zero attached hydrogens (tertiary/aromatic N) is 1. The zero-order valence-corrected chi connectivity index (χ0v) is 11.1. The van der Waals surface area contributed by atoms with Gasteiger partial charge in [-0.1, -0.05) is 17.7 Å². The highest BCUT2D eigenvalue weighted by molar-refractivity contribution is 5.67. The molecular formula is C15H21NO3. The van der Waals surface area contributed by atoms with Crippen LogP contribution in [0.1, 0.15) is 38.5 Å². The molecule has 1 unspecified atom stereocenters. The van der Waals surface area contributed by atoms with Gasteiger partial charge in [-0.15, -0.1) is 0 Å². The Hall–Kier alpha value is -1.29. The Kier molecular flexibility index (Phi) is 3.13. The van der Waals surface area contributed by atoms with E-state index >= 15 is 0 Å². The minimum absolute atomic E-state index is 0.0915. The molecule has 0 aromatic carbocycles. The fourth-order valence-corrected chi connectivity index (χ4v) is 3.30. The van der Waals surface area contributed by atoms with Crippen molar-refractivity contribution in [1.29, 1.82) is 0 Å². The van der Waals surface area contributed by atoms with Crippen LogP contribution in [0.15, 0.2) is 23.3 Å². The summed E-state index contributed by atoms with van der Waals surface area (Å²) in [7, 11) is 0. The van der Waals surface area contributed by atoms with E-state index in [2.05, 4.69) is 12.2 Å². The lowest BCUT2D eigenvalue weighted by molar-refractivity contribution is 0.118. The van der Waals surface area contributed by atoms with Gasteiger partial charge in [-0.3, -0.25) is 4.90 Å². The summed E-state index contributed by atoms with van der Waals surface area (Å²) >= 11 is 0. The lowest BCUT2D eigenvalue weighted by Gasteiger charge is -2.19. The fraction of sp³-hybridized carbons (Fsp3) is 0.667. The molecule has 1 amide bonds. The summed E-state index contributed by atoms with van der Waals surface area (Å²) in [5, 5.41) is 18.3. The summed E-state index contributed by atoms with van der Waals surface area (Å²) in [5.41, 5.74) is 3.13. The number of hydrogen-bond acceptors (Lipinski definition) is 2. The molecule has 3 aliphatic rings. The van der Waals surface area contributed by atoms with Crippen molar-refractivity contribution in [2.24, 2.45) is 5.41 Å². The highest BCUT2D eigenvalue weighted by atomic mass is 16.4. The Morgan fingerprint density at radius 1 is 1.47 bits per heavy atom. The molecule has 1 spiro atoms. The molecule has 104 valence electrons. The van der Waals surface area contributed by atoms with E-state index in [1.54, 1.807) is 0 Å². The third-order valence-corrected chi connectivity index (χ3v) is 4.86. The Morgan fingerprint density at radius 3 is 2.74 bits per heavy atom. The second kappa shape index (κ2) is 4.67. The molecule has 4 nitrogen and oxygen atoms in total. The average molecular weight is 263 g/mol. The van der Waals surface area contributed by atoms with Crippen molar-refractivity contribution in [2.75, 3.05) is 13.2 Å². The molecule has 2 fully saturated rings. The Labute approximate surface area is 113 Å². The first-order chi connectivity index (χ1) is 9.12. The van der Waals surface area contributed by atoms with Gasteiger partial charge in [-0.05, 0) is 49.5 Å². The normalized spacial score (nSPS) is 30.8. The molecule has 4 heteroatoms. The molecule has 0 aromatic heterocycles. The third kappa shape index (κ3) is 2.54. The largest absolute Gasteiger partial charge is 0.465 e. The Balaban J connectivity index is 1.68. The van der Waals surface area contributed by atoms with Crippen LogP contribution < -0.4 is 0 Å². The highest BCUT2D eigenvalue weighted by Crippen LogP contribution is 2.55. The number of carbonyl (C=O) groups is 1. The molecule has 3 rings (SSSR count). The predicted octanol–water partition coefficient (Wildman–Crippen LogP) is 2.55. The van der Waals surface area contributed by atoms with Gasteiger partial charge >= 0.3 is 6.09 Å². The number of amides is 1. The summed E-state index contributed by atoms with van der Waals surface area (Å²) in [6.45, 7) is 0.356. The molecule has 1 heterocycles. The van der Waals surface area contributed by atoms with Crippen molar-refractivity contribution in [1.82, 2.24) is 4.90 Å². The van der Waals surface area contributed by atoms with Crippen molar-refractivity contribution in [3.05, 3.63) is 23.3 Å². The van der Waals surface area contributed by atoms with Crippen LogP contribution in [0.3, 0.4) is 0 Å². The molecule has 1 atom stereocenters. The van der Waals surface area contributed by atoms with E-state index in [1.807, 2.05) is 0 Å². The number of aliphatic hydroxyl groups excluding tert-OH is 1. The summed E-state index contributed by atoms with van der Waals surface area (Å²) < 4.78 is 0. The van der Waals surface area contributed by atoms with E-state index in [-0.39, 0.29) is 12.6 Å². The monoisotopic (exact) mass is 263 g/mol. The van der Waals surface area contributed by atoms with Gasteiger partial charge in [-0.2, -0.15) is 0 Å². The maximum Gasteiger partial charge on any atom is 0.407 e. The van der Waals surface area contributed by atoms with Gasteiger partial charge in [0.1, 0.15) is 0 Å². The third-order valence-electron chi connectivity index (χ3n) is 4.86. The first-order valence-electron chi connectivity index (χ1n) is 7.11. The number of carboxylic acid groups (broad SMARTS) is 1. The SMILES string of the molecule is O=C(O)N1C/C(=C/C2=CCC3(CC2)CC3)CC1CO. The van der Waals surface area contributed by atoms with Gasteiger partial charge in [0.2, 0.25) is 0 Å². The van der Waals surface area contributed by atoms with Gasteiger partial charge in [0.25, 0.3) is 0 Å². The molecular weight excluding hydrogens is 242 g/mol. The van der Waals surface area contributed by atoms with E-state index in [9.17, 15) is 9.90 Å². The zero-order valence-electron chi connectivity index (χ0n) is 11.1. The van der Waals surface area contributed by atoms with Gasteiger partial charge in [-0.25, -0.2) is 4.79 Å². The van der Waals surface area contributed by atoms with Crippen LogP contribution in [0.5, 0.6) is 0 Å². The zero-order chi connectivity index (χ0) is 13.5. The first-order valence-corrected chi connectivity index (χ1v) is 7.11. The number of rotatable bonds is 2. The maximum atomic E-state index is 11.1. The van der Waals surface area contributed by atoms with Crippen molar-refractivity contribution in [2.45, 2.75) is 44.6 Å². The average Bonchev–Trinajstić information content (AvgIpc) is 3.02. The smallest absolute Gasteiger partial charge is 0.407 e. The van der Waals surface area contributed by atoms with Gasteiger partial charge in [0.15, 0.2) is 0 Å². The predicted molar refractivity (Wildman–Crippen MR) is 71.9 cm³/mol. The molecule has 0 aromatic rings. The van der Waals surface area contributed by atoms with Gasteiger partial charge in [0, 0.05) is 6.54 Å². The van der Waals surface area contributed by atoms with Crippen molar-refractivity contribution in [3.63, 3.8) is 0 Å². The van der Waals surface area contributed by atoms with Crippen molar-refractivity contribution >= 4 is 6.09 Å². The molecule has 2 N–H and O–H groups in total. The summed E-state index contributed by atoms with van der Waals surface area (Å²) in [6, 6.07) is -0.261. The van der Waals surface area contributed by atoms with Crippen LogP contribution in [0, 0.1) is 5.41 Å². The minimum Gasteiger partial charge on any atom is -0.465 e. The summed E-state index contributed by atoms with van der Waals surface area (Å²) in [5.74, 6) is 0. The second-order valence-electron chi connectivity index (χ2n) is 6.24. The fourth-order valence-electron chi connectivity index (χ4n) is 3.30. The van der Waals surface area contributed by atoms with Gasteiger partial charge < -0.3 is 10.2 Å². The van der Waals surface area contributed by atoms with Crippen LogP contribution in [0.25, 0.3) is 0 Å². The molecule has 19 heavy (non-hydrogen) atoms. The standard InChI is InChI=1S/C15H21NO3/c17-10-13-8-12(9-16(13)14(18)19)7-11-1-3-15(4-2-11)5-6-15/h1,7,13,17H,2-6,8-10H2,(H,18,19)/b12-7+. The highest BCUT2D eigenvalue weighted by Gasteiger charge is 2.42. The molecule has 2 aliphatic carbocycles. The molecule has 1 aliphatic heterocycles. The van der Waals surface area contributed by atoms with Crippen LogP contribution in [0.2, 0.25) is 0 Å². The Morgan fingerprint density at radius 2 is 2.26 bits per heavy atom. The molecule has 0 radical (unpaired) electrons. The minimum atomic E-state index is -0.933. The van der Waals surface area contributed by atoms with Crippen LogP contribution in [0.4, 0.5) is 4.79 Å². The molecule has 1 saturated heterocycles. The van der Waals surface area contributed by atoms with E-state index in [0.29, 0.717) is 18.4 Å². The van der Waals surface area contributed by atoms with Crippen LogP contribution in [-0.4, -0.2) is 40.4 Å². The topological polar surface area (TPSA) is 60.8 Å². The molecule has 0 bridgehead atoms. The number of hydrogen-bond donors (Lipinski definition) is 2. The lowest BCUT2D eigenvalue weighted by atomic mass is 9.86. The van der Waals surface area contributed by atoms with Crippen molar-refractivity contribution < 1.29 is 15.0 Å². The van der Waals surface area contributed by atoms with E-state index < -0.39 is 6.09 Å². The van der Waals surface area contributed by atoms with E-state index in [1.165, 1.54) is 36.2 Å². The number of likely N-dealkylation sites (tertiary alicyclic amines) is 1. The lowest BCUT2D eigenvalue weighted by Crippen LogP contribution is -2.36. The van der Waals surface area contributed by atoms with Crippen molar-refractivity contribution in [3.8, 4) is 0 Å². The van der Waals surface area contributed by atoms with Crippen LogP contribution >= 0.6 is 0 Å².